The molecule has 2 N–H and O–H groups in total. The van der Waals surface area contributed by atoms with Crippen molar-refractivity contribution in [2.75, 3.05) is 11.9 Å². The third-order valence-electron chi connectivity index (χ3n) is 3.38. The lowest BCUT2D eigenvalue weighted by Gasteiger charge is -2.07. The summed E-state index contributed by atoms with van der Waals surface area (Å²) in [5.74, 6) is 0.408. The van der Waals surface area contributed by atoms with Crippen molar-refractivity contribution in [1.29, 1.82) is 0 Å². The Bertz CT molecular complexity index is 648. The number of benzene rings is 1. The molecule has 21 heavy (non-hydrogen) atoms. The first kappa shape index (κ1) is 13.8. The zero-order valence-electron chi connectivity index (χ0n) is 11.5. The Morgan fingerprint density at radius 2 is 2.00 bits per heavy atom. The monoisotopic (exact) mass is 300 g/mol. The van der Waals surface area contributed by atoms with Crippen LogP contribution < -0.4 is 10.6 Å². The topological polar surface area (TPSA) is 58.2 Å². The Balaban J connectivity index is 1.64. The van der Waals surface area contributed by atoms with Crippen molar-refractivity contribution >= 4 is 28.8 Å². The number of hydrogen-bond acceptors (Lipinski definition) is 3. The minimum atomic E-state index is -0.152. The van der Waals surface area contributed by atoms with Crippen LogP contribution in [0.2, 0.25) is 0 Å². The van der Waals surface area contributed by atoms with Gasteiger partial charge in [0, 0.05) is 17.8 Å². The molecule has 0 saturated heterocycles. The van der Waals surface area contributed by atoms with Crippen LogP contribution >= 0.6 is 11.3 Å². The molecule has 2 aromatic rings. The summed E-state index contributed by atoms with van der Waals surface area (Å²) in [7, 11) is 0. The highest BCUT2D eigenvalue weighted by Gasteiger charge is 2.21. The SMILES string of the molecule is O=C(NCC1CC1)c1cccc(NC(=O)c2cccs2)c1. The van der Waals surface area contributed by atoms with Gasteiger partial charge in [0.25, 0.3) is 11.8 Å². The predicted molar refractivity (Wildman–Crippen MR) is 83.8 cm³/mol. The zero-order chi connectivity index (χ0) is 14.7. The van der Waals surface area contributed by atoms with E-state index < -0.39 is 0 Å². The molecule has 0 radical (unpaired) electrons. The second kappa shape index (κ2) is 6.10. The van der Waals surface area contributed by atoms with Crippen molar-refractivity contribution in [3.63, 3.8) is 0 Å². The van der Waals surface area contributed by atoms with Gasteiger partial charge >= 0.3 is 0 Å². The molecule has 1 aromatic heterocycles. The van der Waals surface area contributed by atoms with Crippen molar-refractivity contribution in [2.45, 2.75) is 12.8 Å². The first-order valence-corrected chi connectivity index (χ1v) is 7.83. The molecule has 3 rings (SSSR count). The molecular weight excluding hydrogens is 284 g/mol. The summed E-state index contributed by atoms with van der Waals surface area (Å²) in [6, 6.07) is 10.6. The van der Waals surface area contributed by atoms with E-state index in [-0.39, 0.29) is 11.8 Å². The number of hydrogen-bond donors (Lipinski definition) is 2. The highest BCUT2D eigenvalue weighted by Crippen LogP contribution is 2.27. The number of amides is 2. The van der Waals surface area contributed by atoms with E-state index in [4.69, 9.17) is 0 Å². The predicted octanol–water partition coefficient (Wildman–Crippen LogP) is 3.14. The van der Waals surface area contributed by atoms with Crippen molar-refractivity contribution in [3.05, 3.63) is 52.2 Å². The van der Waals surface area contributed by atoms with E-state index in [9.17, 15) is 9.59 Å². The molecule has 0 unspecified atom stereocenters. The van der Waals surface area contributed by atoms with Gasteiger partial charge in [0.1, 0.15) is 0 Å². The van der Waals surface area contributed by atoms with Crippen LogP contribution in [0, 0.1) is 5.92 Å². The Hall–Kier alpha value is -2.14. The van der Waals surface area contributed by atoms with E-state index in [0.717, 1.165) is 6.54 Å². The number of anilines is 1. The molecule has 108 valence electrons. The Morgan fingerprint density at radius 3 is 2.71 bits per heavy atom. The molecule has 0 aliphatic heterocycles. The van der Waals surface area contributed by atoms with Crippen LogP contribution in [0.25, 0.3) is 0 Å². The Kier molecular flexibility index (Phi) is 4.01. The van der Waals surface area contributed by atoms with Gasteiger partial charge in [0.2, 0.25) is 0 Å². The molecule has 1 fully saturated rings. The summed E-state index contributed by atoms with van der Waals surface area (Å²) >= 11 is 1.39. The summed E-state index contributed by atoms with van der Waals surface area (Å²) in [5, 5.41) is 7.59. The van der Waals surface area contributed by atoms with Gasteiger partial charge in [-0.25, -0.2) is 0 Å². The molecule has 0 atom stereocenters. The number of rotatable bonds is 5. The average molecular weight is 300 g/mol. The third-order valence-corrected chi connectivity index (χ3v) is 4.24. The quantitative estimate of drug-likeness (QED) is 0.891. The fourth-order valence-electron chi connectivity index (χ4n) is 2.00. The van der Waals surface area contributed by atoms with Crippen LogP contribution in [0.4, 0.5) is 5.69 Å². The smallest absolute Gasteiger partial charge is 0.265 e. The maximum absolute atomic E-state index is 12.0. The molecule has 1 aromatic carbocycles. The first-order valence-electron chi connectivity index (χ1n) is 6.95. The number of carbonyl (C=O) groups excluding carboxylic acids is 2. The Labute approximate surface area is 127 Å². The van der Waals surface area contributed by atoms with Gasteiger partial charge < -0.3 is 10.6 Å². The van der Waals surface area contributed by atoms with Crippen LogP contribution in [-0.4, -0.2) is 18.4 Å². The molecule has 4 nitrogen and oxygen atoms in total. The lowest BCUT2D eigenvalue weighted by molar-refractivity contribution is 0.0950. The highest BCUT2D eigenvalue weighted by atomic mass is 32.1. The highest BCUT2D eigenvalue weighted by molar-refractivity contribution is 7.12. The van der Waals surface area contributed by atoms with E-state index >= 15 is 0 Å². The zero-order valence-corrected chi connectivity index (χ0v) is 12.3. The van der Waals surface area contributed by atoms with E-state index in [1.165, 1.54) is 24.2 Å². The third kappa shape index (κ3) is 3.70. The normalized spacial score (nSPS) is 13.7. The van der Waals surface area contributed by atoms with Gasteiger partial charge in [-0.1, -0.05) is 12.1 Å². The lowest BCUT2D eigenvalue weighted by Crippen LogP contribution is -2.25. The van der Waals surface area contributed by atoms with E-state index in [1.807, 2.05) is 11.4 Å². The molecular formula is C16H16N2O2S. The van der Waals surface area contributed by atoms with Gasteiger partial charge in [-0.2, -0.15) is 0 Å². The average Bonchev–Trinajstić information content (AvgIpc) is 3.16. The maximum Gasteiger partial charge on any atom is 0.265 e. The van der Waals surface area contributed by atoms with Gasteiger partial charge in [-0.3, -0.25) is 9.59 Å². The van der Waals surface area contributed by atoms with Crippen LogP contribution in [0.15, 0.2) is 41.8 Å². The van der Waals surface area contributed by atoms with Gasteiger partial charge in [-0.15, -0.1) is 11.3 Å². The fourth-order valence-corrected chi connectivity index (χ4v) is 2.62. The molecule has 2 amide bonds. The fraction of sp³-hybridized carbons (Fsp3) is 0.250. The maximum atomic E-state index is 12.0. The molecule has 0 bridgehead atoms. The molecule has 1 aliphatic carbocycles. The minimum Gasteiger partial charge on any atom is -0.352 e. The van der Waals surface area contributed by atoms with Crippen LogP contribution in [0.5, 0.6) is 0 Å². The van der Waals surface area contributed by atoms with E-state index in [2.05, 4.69) is 10.6 Å². The van der Waals surface area contributed by atoms with E-state index in [1.54, 1.807) is 30.3 Å². The standard InChI is InChI=1S/C16H16N2O2S/c19-15(17-10-11-6-7-11)12-3-1-4-13(9-12)18-16(20)14-5-2-8-21-14/h1-5,8-9,11H,6-7,10H2,(H,17,19)(H,18,20). The summed E-state index contributed by atoms with van der Waals surface area (Å²) < 4.78 is 0. The van der Waals surface area contributed by atoms with Crippen molar-refractivity contribution in [2.24, 2.45) is 5.92 Å². The summed E-state index contributed by atoms with van der Waals surface area (Å²) in [6.07, 6.45) is 2.41. The molecule has 0 spiro atoms. The molecule has 1 aliphatic rings. The summed E-state index contributed by atoms with van der Waals surface area (Å²) in [4.78, 5) is 24.7. The van der Waals surface area contributed by atoms with Gasteiger partial charge in [-0.05, 0) is 48.4 Å². The number of nitrogens with one attached hydrogen (secondary N) is 2. The number of carbonyl (C=O) groups is 2. The van der Waals surface area contributed by atoms with Gasteiger partial charge in [0.05, 0.1) is 4.88 Å². The summed E-state index contributed by atoms with van der Waals surface area (Å²) in [5.41, 5.74) is 1.20. The lowest BCUT2D eigenvalue weighted by atomic mass is 10.2. The first-order chi connectivity index (χ1) is 10.2. The molecule has 5 heteroatoms. The van der Waals surface area contributed by atoms with Crippen molar-refractivity contribution in [1.82, 2.24) is 5.32 Å². The van der Waals surface area contributed by atoms with Crippen LogP contribution in [-0.2, 0) is 0 Å². The molecule has 1 heterocycles. The second-order valence-electron chi connectivity index (χ2n) is 5.17. The second-order valence-corrected chi connectivity index (χ2v) is 6.11. The van der Waals surface area contributed by atoms with Gasteiger partial charge in [0.15, 0.2) is 0 Å². The minimum absolute atomic E-state index is 0.0888. The largest absolute Gasteiger partial charge is 0.352 e. The number of thiophene rings is 1. The Morgan fingerprint density at radius 1 is 1.14 bits per heavy atom. The van der Waals surface area contributed by atoms with Crippen LogP contribution in [0.1, 0.15) is 32.9 Å². The van der Waals surface area contributed by atoms with Crippen molar-refractivity contribution < 1.29 is 9.59 Å². The van der Waals surface area contributed by atoms with Crippen LogP contribution in [0.3, 0.4) is 0 Å². The van der Waals surface area contributed by atoms with E-state index in [0.29, 0.717) is 22.0 Å². The van der Waals surface area contributed by atoms with Crippen molar-refractivity contribution in [3.8, 4) is 0 Å². The summed E-state index contributed by atoms with van der Waals surface area (Å²) in [6.45, 7) is 0.741. The molecule has 1 saturated carbocycles.